The fraction of sp³-hybridized carbons (Fsp3) is 0.400. The van der Waals surface area contributed by atoms with Gasteiger partial charge in [0.2, 0.25) is 0 Å². The van der Waals surface area contributed by atoms with Crippen molar-refractivity contribution < 1.29 is 38.2 Å². The number of hydrogen-bond acceptors (Lipinski definition) is 11. The van der Waals surface area contributed by atoms with Gasteiger partial charge in [0.15, 0.2) is 22.9 Å². The van der Waals surface area contributed by atoms with Crippen LogP contribution < -0.4 is 35.6 Å². The lowest BCUT2D eigenvalue weighted by Crippen LogP contribution is -2.33. The van der Waals surface area contributed by atoms with Crippen LogP contribution in [0.15, 0.2) is 94.5 Å². The topological polar surface area (TPSA) is 146 Å². The highest BCUT2D eigenvalue weighted by molar-refractivity contribution is 5.88. The Kier molecular flexibility index (Phi) is 17.0. The maximum atomic E-state index is 13.2. The molecule has 13 nitrogen and oxygen atoms in total. The van der Waals surface area contributed by atoms with Gasteiger partial charge < -0.3 is 33.9 Å². The summed E-state index contributed by atoms with van der Waals surface area (Å²) in [6, 6.07) is 24.4. The third-order valence-corrected chi connectivity index (χ3v) is 7.80. The first-order valence-electron chi connectivity index (χ1n) is 18.1. The first-order valence-corrected chi connectivity index (χ1v) is 18.1. The number of nitrogens with one attached hydrogen (secondary N) is 1. The van der Waals surface area contributed by atoms with Crippen molar-refractivity contribution in [1.82, 2.24) is 14.8 Å². The van der Waals surface area contributed by atoms with E-state index in [2.05, 4.69) is 5.32 Å². The zero-order valence-electron chi connectivity index (χ0n) is 30.5. The van der Waals surface area contributed by atoms with Crippen molar-refractivity contribution in [1.29, 1.82) is 0 Å². The second kappa shape index (κ2) is 22.4. The minimum absolute atomic E-state index is 0.0153. The molecular formula is C40H49N3O10. The van der Waals surface area contributed by atoms with Crippen LogP contribution in [0.2, 0.25) is 0 Å². The van der Waals surface area contributed by atoms with Gasteiger partial charge in [-0.15, -0.1) is 9.46 Å². The molecule has 0 aliphatic carbocycles. The molecule has 4 rings (SSSR count). The molecule has 0 spiro atoms. The predicted octanol–water partition coefficient (Wildman–Crippen LogP) is 5.01. The van der Waals surface area contributed by atoms with Gasteiger partial charge in [-0.3, -0.25) is 9.59 Å². The Bertz CT molecular complexity index is 1690. The molecule has 1 N–H and O–H groups in total. The zero-order chi connectivity index (χ0) is 37.7. The molecule has 0 radical (unpaired) electrons. The molecule has 4 aromatic rings. The van der Waals surface area contributed by atoms with Crippen molar-refractivity contribution in [3.63, 3.8) is 0 Å². The third kappa shape index (κ3) is 12.9. The summed E-state index contributed by atoms with van der Waals surface area (Å²) in [6.45, 7) is 6.34. The number of pyridine rings is 2. The van der Waals surface area contributed by atoms with E-state index in [1.165, 1.54) is 24.3 Å². The molecule has 2 aromatic carbocycles. The minimum atomic E-state index is -0.676. The molecule has 0 saturated carbocycles. The molecule has 0 unspecified atom stereocenters. The fourth-order valence-corrected chi connectivity index (χ4v) is 4.86. The van der Waals surface area contributed by atoms with Crippen LogP contribution in [0.3, 0.4) is 0 Å². The average Bonchev–Trinajstić information content (AvgIpc) is 3.18. The highest BCUT2D eigenvalue weighted by Gasteiger charge is 2.20. The Morgan fingerprint density at radius 2 is 0.962 bits per heavy atom. The van der Waals surface area contributed by atoms with E-state index >= 15 is 0 Å². The van der Waals surface area contributed by atoms with Gasteiger partial charge in [0.25, 0.3) is 0 Å². The molecule has 284 valence electrons. The lowest BCUT2D eigenvalue weighted by molar-refractivity contribution is 0.0358. The Balaban J connectivity index is 1.21. The number of hydrogen-bond donors (Lipinski definition) is 1. The summed E-state index contributed by atoms with van der Waals surface area (Å²) < 4.78 is 24.2. The molecule has 0 fully saturated rings. The largest absolute Gasteiger partial charge is 0.488 e. The van der Waals surface area contributed by atoms with Gasteiger partial charge in [-0.2, -0.15) is 0 Å². The average molecular weight is 732 g/mol. The summed E-state index contributed by atoms with van der Waals surface area (Å²) in [5, 5.41) is 3.28. The summed E-state index contributed by atoms with van der Waals surface area (Å²) in [5.41, 5.74) is 0.465. The second-order valence-electron chi connectivity index (χ2n) is 12.0. The second-order valence-corrected chi connectivity index (χ2v) is 12.0. The van der Waals surface area contributed by atoms with E-state index in [0.717, 1.165) is 33.4 Å². The maximum Gasteiger partial charge on any atom is 0.358 e. The van der Waals surface area contributed by atoms with Crippen LogP contribution >= 0.6 is 0 Å². The molecular weight excluding hydrogens is 682 g/mol. The van der Waals surface area contributed by atoms with E-state index in [-0.39, 0.29) is 62.5 Å². The van der Waals surface area contributed by atoms with Gasteiger partial charge in [-0.25, -0.2) is 9.59 Å². The number of unbranched alkanes of at least 4 members (excludes halogenated alkanes) is 2. The zero-order valence-corrected chi connectivity index (χ0v) is 30.5. The number of ether oxygens (including phenoxy) is 4. The number of esters is 2. The third-order valence-electron chi connectivity index (χ3n) is 7.80. The van der Waals surface area contributed by atoms with E-state index in [1.54, 1.807) is 0 Å². The predicted molar refractivity (Wildman–Crippen MR) is 198 cm³/mol. The molecule has 0 aliphatic heterocycles. The molecule has 2 heterocycles. The molecule has 0 amide bonds. The van der Waals surface area contributed by atoms with Gasteiger partial charge in [-0.05, 0) is 74.2 Å². The number of aromatic nitrogens is 2. The van der Waals surface area contributed by atoms with Gasteiger partial charge in [0.05, 0.1) is 13.2 Å². The Labute approximate surface area is 309 Å². The molecule has 0 atom stereocenters. The number of nitrogens with zero attached hydrogens (tertiary/aromatic N) is 2. The number of benzene rings is 2. The summed E-state index contributed by atoms with van der Waals surface area (Å²) >= 11 is 0. The van der Waals surface area contributed by atoms with Crippen LogP contribution in [0, 0.1) is 0 Å². The van der Waals surface area contributed by atoms with Crippen molar-refractivity contribution >= 4 is 11.9 Å². The van der Waals surface area contributed by atoms with Gasteiger partial charge in [-0.1, -0.05) is 87.4 Å². The summed E-state index contributed by atoms with van der Waals surface area (Å²) in [4.78, 5) is 63.4. The van der Waals surface area contributed by atoms with Crippen molar-refractivity contribution in [3.05, 3.63) is 128 Å². The van der Waals surface area contributed by atoms with Gasteiger partial charge in [0, 0.05) is 0 Å². The quantitative estimate of drug-likeness (QED) is 0.0767. The highest BCUT2D eigenvalue weighted by Crippen LogP contribution is 2.12. The molecule has 0 bridgehead atoms. The normalized spacial score (nSPS) is 10.8. The molecule has 0 aliphatic rings. The van der Waals surface area contributed by atoms with Crippen molar-refractivity contribution in [2.45, 2.75) is 65.6 Å². The van der Waals surface area contributed by atoms with E-state index < -0.39 is 23.1 Å². The van der Waals surface area contributed by atoms with Crippen molar-refractivity contribution in [2.75, 3.05) is 39.5 Å². The lowest BCUT2D eigenvalue weighted by atomic mass is 10.2. The van der Waals surface area contributed by atoms with Gasteiger partial charge in [0.1, 0.15) is 26.4 Å². The molecule has 13 heteroatoms. The molecule has 2 aromatic heterocycles. The van der Waals surface area contributed by atoms with E-state index in [1.807, 2.05) is 74.5 Å². The number of carbonyl (C=O) groups excluding carboxylic acids is 2. The first kappa shape index (κ1) is 40.2. The number of carbonyl (C=O) groups is 2. The van der Waals surface area contributed by atoms with Crippen LogP contribution in [0.1, 0.15) is 84.5 Å². The Morgan fingerprint density at radius 1 is 0.547 bits per heavy atom. The SMILES string of the molecule is CCCCOn1c(C(=O)OCc2ccccc2)ccc(OCCCNCCCOc2ccc(C(=O)OCc3ccccc3)n(OCCCC)c2=O)c1=O. The van der Waals surface area contributed by atoms with E-state index in [4.69, 9.17) is 28.6 Å². The molecule has 53 heavy (non-hydrogen) atoms. The van der Waals surface area contributed by atoms with Crippen LogP contribution in [0.25, 0.3) is 0 Å². The lowest BCUT2D eigenvalue weighted by Gasteiger charge is -2.15. The first-order chi connectivity index (χ1) is 25.9. The van der Waals surface area contributed by atoms with Gasteiger partial charge >= 0.3 is 23.1 Å². The summed E-state index contributed by atoms with van der Waals surface area (Å²) in [6.07, 6.45) is 4.31. The summed E-state index contributed by atoms with van der Waals surface area (Å²) in [5.74, 6) is -1.22. The van der Waals surface area contributed by atoms with Crippen molar-refractivity contribution in [2.24, 2.45) is 0 Å². The minimum Gasteiger partial charge on any atom is -0.488 e. The smallest absolute Gasteiger partial charge is 0.358 e. The standard InChI is InChI=1S/C40H49N3O10/c1-3-5-27-52-42-33(39(46)50-29-31-15-9-7-10-16-31)19-21-35(37(42)44)48-25-13-23-41-24-14-26-49-36-22-20-34(43(38(36)45)53-28-6-4-2)40(47)51-30-32-17-11-8-12-18-32/h7-12,15-22,41H,3-6,13-14,23-30H2,1-2H3. The van der Waals surface area contributed by atoms with Crippen LogP contribution in [0.4, 0.5) is 0 Å². The van der Waals surface area contributed by atoms with Crippen LogP contribution in [-0.4, -0.2) is 60.9 Å². The Morgan fingerprint density at radius 3 is 1.36 bits per heavy atom. The number of rotatable bonds is 24. The summed E-state index contributed by atoms with van der Waals surface area (Å²) in [7, 11) is 0. The monoisotopic (exact) mass is 731 g/mol. The van der Waals surface area contributed by atoms with Crippen molar-refractivity contribution in [3.8, 4) is 11.5 Å². The van der Waals surface area contributed by atoms with E-state index in [9.17, 15) is 19.2 Å². The fourth-order valence-electron chi connectivity index (χ4n) is 4.86. The molecule has 0 saturated heterocycles. The van der Waals surface area contributed by atoms with Crippen LogP contribution in [-0.2, 0) is 22.7 Å². The van der Waals surface area contributed by atoms with E-state index in [0.29, 0.717) is 38.8 Å². The highest BCUT2D eigenvalue weighted by atomic mass is 16.7. The maximum absolute atomic E-state index is 13.2. The Hall–Kier alpha value is -5.56. The van der Waals surface area contributed by atoms with Crippen LogP contribution in [0.5, 0.6) is 11.5 Å².